The molecule has 7 nitrogen and oxygen atoms in total. The molecule has 1 aromatic carbocycles. The first-order valence-electron chi connectivity index (χ1n) is 8.62. The van der Waals surface area contributed by atoms with Crippen LogP contribution in [0.25, 0.3) is 0 Å². The molecule has 0 bridgehead atoms. The number of ether oxygens (including phenoxy) is 2. The summed E-state index contributed by atoms with van der Waals surface area (Å²) < 4.78 is 52.3. The van der Waals surface area contributed by atoms with Crippen LogP contribution in [-0.2, 0) is 19.5 Å². The Morgan fingerprint density at radius 3 is 2.42 bits per heavy atom. The number of hydrogen-bond donors (Lipinski definition) is 1. The first-order chi connectivity index (χ1) is 12.2. The maximum absolute atomic E-state index is 14.0. The van der Waals surface area contributed by atoms with Crippen LogP contribution >= 0.6 is 0 Å². The fourth-order valence-electron chi connectivity index (χ4n) is 3.18. The summed E-state index contributed by atoms with van der Waals surface area (Å²) in [4.78, 5) is 12.0. The predicted octanol–water partition coefficient (Wildman–Crippen LogP) is 1.49. The maximum Gasteiger partial charge on any atom is 0.254 e. The Balaban J connectivity index is 1.80. The minimum absolute atomic E-state index is 0.1000. The van der Waals surface area contributed by atoms with E-state index in [0.29, 0.717) is 26.1 Å². The van der Waals surface area contributed by atoms with Gasteiger partial charge in [-0.1, -0.05) is 0 Å². The molecule has 1 N–H and O–H groups in total. The highest BCUT2D eigenvalue weighted by Crippen LogP contribution is 2.33. The molecule has 0 unspecified atom stereocenters. The highest BCUT2D eigenvalue weighted by molar-refractivity contribution is 7.89. The quantitative estimate of drug-likeness (QED) is 0.848. The fraction of sp³-hybridized carbons (Fsp3) is 0.588. The van der Waals surface area contributed by atoms with Gasteiger partial charge in [-0.15, -0.1) is 0 Å². The minimum Gasteiger partial charge on any atom is -0.350 e. The van der Waals surface area contributed by atoms with Gasteiger partial charge in [-0.2, -0.15) is 4.31 Å². The first-order valence-corrected chi connectivity index (χ1v) is 10.1. The molecule has 1 spiro atoms. The van der Waals surface area contributed by atoms with E-state index in [2.05, 4.69) is 5.32 Å². The standard InChI is InChI=1S/C17H23FN2O5S/c1-12(2)19-16(21)14-11-13(3-4-15(14)18)26(22,23)20-7-5-17(6-8-20)24-9-10-25-17/h3-4,11-12H,5-10H2,1-2H3,(H,19,21). The van der Waals surface area contributed by atoms with Crippen molar-refractivity contribution in [2.45, 2.75) is 43.4 Å². The summed E-state index contributed by atoms with van der Waals surface area (Å²) in [6.07, 6.45) is 0.877. The topological polar surface area (TPSA) is 84.9 Å². The lowest BCUT2D eigenvalue weighted by atomic mass is 10.1. The Morgan fingerprint density at radius 1 is 1.23 bits per heavy atom. The average molecular weight is 386 g/mol. The molecule has 144 valence electrons. The molecule has 1 aromatic rings. The summed E-state index contributed by atoms with van der Waals surface area (Å²) >= 11 is 0. The fourth-order valence-corrected chi connectivity index (χ4v) is 4.65. The van der Waals surface area contributed by atoms with Crippen LogP contribution in [0.2, 0.25) is 0 Å². The number of piperidine rings is 1. The minimum atomic E-state index is -3.83. The Kier molecular flexibility index (Phi) is 5.34. The molecule has 2 fully saturated rings. The lowest BCUT2D eigenvalue weighted by Gasteiger charge is -2.36. The van der Waals surface area contributed by atoms with Crippen molar-refractivity contribution in [3.8, 4) is 0 Å². The average Bonchev–Trinajstić information content (AvgIpc) is 3.02. The summed E-state index contributed by atoms with van der Waals surface area (Å²) in [7, 11) is -3.83. The molecule has 1 amide bonds. The van der Waals surface area contributed by atoms with Crippen LogP contribution in [0.15, 0.2) is 23.1 Å². The molecule has 0 saturated carbocycles. The van der Waals surface area contributed by atoms with Gasteiger partial charge in [0.1, 0.15) is 5.82 Å². The molecule has 3 rings (SSSR count). The van der Waals surface area contributed by atoms with E-state index >= 15 is 0 Å². The zero-order valence-electron chi connectivity index (χ0n) is 14.8. The molecule has 0 aliphatic carbocycles. The Hall–Kier alpha value is -1.55. The second kappa shape index (κ2) is 7.22. The third kappa shape index (κ3) is 3.75. The van der Waals surface area contributed by atoms with Crippen LogP contribution in [-0.4, -0.2) is 56.8 Å². The third-order valence-electron chi connectivity index (χ3n) is 4.54. The van der Waals surface area contributed by atoms with E-state index in [9.17, 15) is 17.6 Å². The maximum atomic E-state index is 14.0. The number of benzene rings is 1. The van der Waals surface area contributed by atoms with E-state index in [0.717, 1.165) is 12.1 Å². The lowest BCUT2D eigenvalue weighted by Crippen LogP contribution is -2.47. The van der Waals surface area contributed by atoms with Gasteiger partial charge in [0.2, 0.25) is 10.0 Å². The van der Waals surface area contributed by atoms with Crippen molar-refractivity contribution in [2.75, 3.05) is 26.3 Å². The number of halogens is 1. The van der Waals surface area contributed by atoms with E-state index in [4.69, 9.17) is 9.47 Å². The van der Waals surface area contributed by atoms with E-state index in [-0.39, 0.29) is 29.6 Å². The Bertz CT molecular complexity index is 780. The van der Waals surface area contributed by atoms with Gasteiger partial charge in [0.05, 0.1) is 23.7 Å². The van der Waals surface area contributed by atoms with Gasteiger partial charge in [-0.05, 0) is 32.0 Å². The molecule has 2 heterocycles. The molecule has 9 heteroatoms. The Labute approximate surface area is 152 Å². The molecular formula is C17H23FN2O5S. The highest BCUT2D eigenvalue weighted by Gasteiger charge is 2.42. The van der Waals surface area contributed by atoms with Crippen LogP contribution in [0, 0.1) is 5.82 Å². The van der Waals surface area contributed by atoms with Crippen LogP contribution in [0.1, 0.15) is 37.0 Å². The van der Waals surface area contributed by atoms with Crippen molar-refractivity contribution in [2.24, 2.45) is 0 Å². The van der Waals surface area contributed by atoms with Crippen molar-refractivity contribution in [1.29, 1.82) is 0 Å². The van der Waals surface area contributed by atoms with Gasteiger partial charge < -0.3 is 14.8 Å². The normalized spacial score (nSPS) is 20.6. The molecule has 2 aliphatic rings. The second-order valence-corrected chi connectivity index (χ2v) is 8.72. The van der Waals surface area contributed by atoms with Gasteiger partial charge in [-0.25, -0.2) is 12.8 Å². The van der Waals surface area contributed by atoms with E-state index in [1.807, 2.05) is 0 Å². The summed E-state index contributed by atoms with van der Waals surface area (Å²) in [6.45, 7) is 5.00. The summed E-state index contributed by atoms with van der Waals surface area (Å²) in [5, 5.41) is 2.57. The first kappa shape index (κ1) is 19.2. The highest BCUT2D eigenvalue weighted by atomic mass is 32.2. The molecule has 2 aliphatic heterocycles. The SMILES string of the molecule is CC(C)NC(=O)c1cc(S(=O)(=O)N2CCC3(CC2)OCCO3)ccc1F. The number of carbonyl (C=O) groups excluding carboxylic acids is 1. The largest absolute Gasteiger partial charge is 0.350 e. The second-order valence-electron chi connectivity index (χ2n) is 6.78. The molecule has 0 aromatic heterocycles. The van der Waals surface area contributed by atoms with Crippen molar-refractivity contribution in [1.82, 2.24) is 9.62 Å². The number of sulfonamides is 1. The summed E-state index contributed by atoms with van der Waals surface area (Å²) in [6, 6.07) is 3.10. The molecular weight excluding hydrogens is 363 g/mol. The van der Waals surface area contributed by atoms with Crippen molar-refractivity contribution in [3.05, 3.63) is 29.6 Å². The van der Waals surface area contributed by atoms with Gasteiger partial charge in [-0.3, -0.25) is 4.79 Å². The van der Waals surface area contributed by atoms with Gasteiger partial charge in [0, 0.05) is 32.0 Å². The van der Waals surface area contributed by atoms with Crippen molar-refractivity contribution in [3.63, 3.8) is 0 Å². The van der Waals surface area contributed by atoms with Crippen LogP contribution in [0.3, 0.4) is 0 Å². The predicted molar refractivity (Wildman–Crippen MR) is 91.6 cm³/mol. The summed E-state index contributed by atoms with van der Waals surface area (Å²) in [5.41, 5.74) is -0.282. The zero-order valence-corrected chi connectivity index (χ0v) is 15.6. The van der Waals surface area contributed by atoms with Crippen LogP contribution < -0.4 is 5.32 Å². The smallest absolute Gasteiger partial charge is 0.254 e. The number of rotatable bonds is 4. The molecule has 26 heavy (non-hydrogen) atoms. The number of nitrogens with one attached hydrogen (secondary N) is 1. The molecule has 0 radical (unpaired) electrons. The summed E-state index contributed by atoms with van der Waals surface area (Å²) in [5.74, 6) is -2.08. The van der Waals surface area contributed by atoms with E-state index in [1.54, 1.807) is 13.8 Å². The molecule has 0 atom stereocenters. The van der Waals surface area contributed by atoms with Crippen molar-refractivity contribution >= 4 is 15.9 Å². The van der Waals surface area contributed by atoms with Crippen LogP contribution in [0.4, 0.5) is 4.39 Å². The van der Waals surface area contributed by atoms with Crippen molar-refractivity contribution < 1.29 is 27.1 Å². The number of amides is 1. The number of carbonyl (C=O) groups is 1. The van der Waals surface area contributed by atoms with Crippen LogP contribution in [0.5, 0.6) is 0 Å². The third-order valence-corrected chi connectivity index (χ3v) is 6.43. The zero-order chi connectivity index (χ0) is 18.9. The number of nitrogens with zero attached hydrogens (tertiary/aromatic N) is 1. The monoisotopic (exact) mass is 386 g/mol. The van der Waals surface area contributed by atoms with Gasteiger partial charge in [0.15, 0.2) is 5.79 Å². The van der Waals surface area contributed by atoms with E-state index in [1.165, 1.54) is 10.4 Å². The number of hydrogen-bond acceptors (Lipinski definition) is 5. The molecule has 2 saturated heterocycles. The van der Waals surface area contributed by atoms with E-state index < -0.39 is 27.5 Å². The lowest BCUT2D eigenvalue weighted by molar-refractivity contribution is -0.179. The van der Waals surface area contributed by atoms with Gasteiger partial charge in [0.25, 0.3) is 5.91 Å². The Morgan fingerprint density at radius 2 is 1.85 bits per heavy atom. The van der Waals surface area contributed by atoms with Gasteiger partial charge >= 0.3 is 0 Å².